The van der Waals surface area contributed by atoms with Crippen LogP contribution in [0, 0.1) is 0 Å². The van der Waals surface area contributed by atoms with Gasteiger partial charge < -0.3 is 0 Å². The smallest absolute Gasteiger partial charge is 0.196 e. The van der Waals surface area contributed by atoms with E-state index in [4.69, 9.17) is 0 Å². The molecule has 1 aliphatic heterocycles. The average molecular weight is 354 g/mol. The van der Waals surface area contributed by atoms with Crippen molar-refractivity contribution in [2.24, 2.45) is 0 Å². The van der Waals surface area contributed by atoms with E-state index in [9.17, 15) is 4.79 Å². The third-order valence-electron chi connectivity index (χ3n) is 4.33. The number of allylic oxidation sites excluding steroid dienone is 1. The lowest BCUT2D eigenvalue weighted by molar-refractivity contribution is -0.111. The Morgan fingerprint density at radius 2 is 1.15 bits per heavy atom. The van der Waals surface area contributed by atoms with Crippen LogP contribution in [0.4, 0.5) is 0 Å². The van der Waals surface area contributed by atoms with Crippen LogP contribution in [0.3, 0.4) is 0 Å². The molecule has 1 nitrogen and oxygen atoms in total. The fourth-order valence-electron chi connectivity index (χ4n) is 3.05. The summed E-state index contributed by atoms with van der Waals surface area (Å²) in [5.74, 6) is 0.122. The predicted octanol–water partition coefficient (Wildman–Crippen LogP) is 6.17. The van der Waals surface area contributed by atoms with Gasteiger partial charge in [0, 0.05) is 5.57 Å². The van der Waals surface area contributed by atoms with Crippen LogP contribution in [0.5, 0.6) is 0 Å². The van der Waals surface area contributed by atoms with Gasteiger partial charge in [0.15, 0.2) is 5.78 Å². The summed E-state index contributed by atoms with van der Waals surface area (Å²) < 4.78 is 0. The van der Waals surface area contributed by atoms with E-state index >= 15 is 0 Å². The lowest BCUT2D eigenvalue weighted by Crippen LogP contribution is -2.00. The van der Waals surface area contributed by atoms with Gasteiger partial charge in [-0.3, -0.25) is 4.79 Å². The Balaban J connectivity index is 1.77. The van der Waals surface area contributed by atoms with Gasteiger partial charge in [0.05, 0.1) is 10.2 Å². The molecule has 0 amide bonds. The SMILES string of the molecule is O=C1/C(=C/c2ccccc2)SC(c2ccccc2)/C1=C/c1ccccc1. The minimum Gasteiger partial charge on any atom is -0.288 e. The van der Waals surface area contributed by atoms with E-state index in [-0.39, 0.29) is 11.0 Å². The van der Waals surface area contributed by atoms with Gasteiger partial charge in [0.2, 0.25) is 0 Å². The zero-order valence-electron chi connectivity index (χ0n) is 14.2. The molecule has 2 heteroatoms. The van der Waals surface area contributed by atoms with Gasteiger partial charge in [-0.1, -0.05) is 91.0 Å². The van der Waals surface area contributed by atoms with Crippen LogP contribution in [0.25, 0.3) is 12.2 Å². The van der Waals surface area contributed by atoms with Gasteiger partial charge in [0.25, 0.3) is 0 Å². The van der Waals surface area contributed by atoms with Crippen LogP contribution >= 0.6 is 11.8 Å². The summed E-state index contributed by atoms with van der Waals surface area (Å²) in [6.45, 7) is 0. The van der Waals surface area contributed by atoms with E-state index in [1.807, 2.05) is 91.0 Å². The third-order valence-corrected chi connectivity index (χ3v) is 5.65. The predicted molar refractivity (Wildman–Crippen MR) is 111 cm³/mol. The number of benzene rings is 3. The molecule has 0 radical (unpaired) electrons. The molecule has 1 saturated heterocycles. The van der Waals surface area contributed by atoms with Crippen LogP contribution in [0.1, 0.15) is 21.9 Å². The number of carbonyl (C=O) groups excluding carboxylic acids is 1. The van der Waals surface area contributed by atoms with Gasteiger partial charge in [0.1, 0.15) is 0 Å². The number of rotatable bonds is 3. The van der Waals surface area contributed by atoms with Gasteiger partial charge >= 0.3 is 0 Å². The maximum atomic E-state index is 13.1. The number of hydrogen-bond donors (Lipinski definition) is 0. The summed E-state index contributed by atoms with van der Waals surface area (Å²) in [7, 11) is 0. The largest absolute Gasteiger partial charge is 0.288 e. The van der Waals surface area contributed by atoms with E-state index in [1.165, 1.54) is 0 Å². The molecule has 0 aromatic heterocycles. The molecule has 126 valence electrons. The van der Waals surface area contributed by atoms with Crippen LogP contribution < -0.4 is 0 Å². The van der Waals surface area contributed by atoms with Crippen molar-refractivity contribution in [1.29, 1.82) is 0 Å². The Labute approximate surface area is 158 Å². The van der Waals surface area contributed by atoms with Crippen molar-refractivity contribution in [2.45, 2.75) is 5.25 Å². The van der Waals surface area contributed by atoms with E-state index < -0.39 is 0 Å². The lowest BCUT2D eigenvalue weighted by Gasteiger charge is -2.10. The van der Waals surface area contributed by atoms with Crippen molar-refractivity contribution in [3.63, 3.8) is 0 Å². The Morgan fingerprint density at radius 1 is 0.654 bits per heavy atom. The maximum Gasteiger partial charge on any atom is 0.196 e. The van der Waals surface area contributed by atoms with Crippen molar-refractivity contribution >= 4 is 29.7 Å². The second kappa shape index (κ2) is 7.59. The second-order valence-electron chi connectivity index (χ2n) is 6.17. The Hall–Kier alpha value is -2.84. The van der Waals surface area contributed by atoms with Gasteiger partial charge in [-0.2, -0.15) is 0 Å². The number of ketones is 1. The molecule has 3 aromatic rings. The molecule has 0 saturated carbocycles. The molecule has 3 aromatic carbocycles. The molecule has 0 spiro atoms. The summed E-state index contributed by atoms with van der Waals surface area (Å²) >= 11 is 1.64. The highest BCUT2D eigenvalue weighted by Gasteiger charge is 2.34. The molecule has 26 heavy (non-hydrogen) atoms. The van der Waals surface area contributed by atoms with Crippen molar-refractivity contribution in [2.75, 3.05) is 0 Å². The van der Waals surface area contributed by atoms with Crippen molar-refractivity contribution in [3.05, 3.63) is 118 Å². The van der Waals surface area contributed by atoms with Gasteiger partial charge in [-0.15, -0.1) is 11.8 Å². The molecular formula is C24H18OS. The van der Waals surface area contributed by atoms with Gasteiger partial charge in [-0.25, -0.2) is 0 Å². The van der Waals surface area contributed by atoms with Crippen LogP contribution in [-0.2, 0) is 4.79 Å². The summed E-state index contributed by atoms with van der Waals surface area (Å²) in [6.07, 6.45) is 4.02. The molecular weight excluding hydrogens is 336 g/mol. The number of Topliss-reactive ketones (excluding diaryl/α,β-unsaturated/α-hetero) is 1. The number of carbonyl (C=O) groups is 1. The Kier molecular flexibility index (Phi) is 4.85. The number of hydrogen-bond acceptors (Lipinski definition) is 2. The van der Waals surface area contributed by atoms with E-state index in [2.05, 4.69) is 12.1 Å². The fraction of sp³-hybridized carbons (Fsp3) is 0.0417. The van der Waals surface area contributed by atoms with Crippen molar-refractivity contribution in [1.82, 2.24) is 0 Å². The molecule has 4 rings (SSSR count). The Morgan fingerprint density at radius 3 is 1.73 bits per heavy atom. The molecule has 0 N–H and O–H groups in total. The summed E-state index contributed by atoms with van der Waals surface area (Å²) in [5.41, 5.74) is 4.11. The standard InChI is InChI=1S/C24H18OS/c25-23-21(16-18-10-4-1-5-11-18)24(20-14-8-3-9-15-20)26-22(23)17-19-12-6-2-7-13-19/h1-17,24H/b21-16+,22-17-. The van der Waals surface area contributed by atoms with Crippen LogP contribution in [0.15, 0.2) is 101 Å². The highest BCUT2D eigenvalue weighted by molar-refractivity contribution is 8.05. The van der Waals surface area contributed by atoms with Gasteiger partial charge in [-0.05, 0) is 28.8 Å². The minimum atomic E-state index is 0.0267. The first-order valence-electron chi connectivity index (χ1n) is 8.61. The second-order valence-corrected chi connectivity index (χ2v) is 7.31. The minimum absolute atomic E-state index is 0.0267. The molecule has 0 bridgehead atoms. The van der Waals surface area contributed by atoms with E-state index in [0.717, 1.165) is 27.2 Å². The highest BCUT2D eigenvalue weighted by Crippen LogP contribution is 2.50. The molecule has 1 unspecified atom stereocenters. The zero-order valence-corrected chi connectivity index (χ0v) is 15.0. The topological polar surface area (TPSA) is 17.1 Å². The fourth-order valence-corrected chi connectivity index (χ4v) is 4.33. The molecule has 1 heterocycles. The van der Waals surface area contributed by atoms with E-state index in [1.54, 1.807) is 11.8 Å². The van der Waals surface area contributed by atoms with Crippen molar-refractivity contribution < 1.29 is 4.79 Å². The number of thioether (sulfide) groups is 1. The Bertz CT molecular complexity index is 957. The van der Waals surface area contributed by atoms with Crippen LogP contribution in [0.2, 0.25) is 0 Å². The third kappa shape index (κ3) is 3.56. The first-order chi connectivity index (χ1) is 12.8. The van der Waals surface area contributed by atoms with Crippen molar-refractivity contribution in [3.8, 4) is 0 Å². The summed E-state index contributed by atoms with van der Waals surface area (Å²) in [5, 5.41) is 0.0267. The van der Waals surface area contributed by atoms with Crippen LogP contribution in [-0.4, -0.2) is 5.78 Å². The molecule has 0 aliphatic carbocycles. The van der Waals surface area contributed by atoms with E-state index in [0.29, 0.717) is 0 Å². The maximum absolute atomic E-state index is 13.1. The first kappa shape index (κ1) is 16.6. The first-order valence-corrected chi connectivity index (χ1v) is 9.49. The monoisotopic (exact) mass is 354 g/mol. The quantitative estimate of drug-likeness (QED) is 0.523. The summed E-state index contributed by atoms with van der Waals surface area (Å²) in [6, 6.07) is 30.3. The zero-order chi connectivity index (χ0) is 17.8. The molecule has 1 aliphatic rings. The summed E-state index contributed by atoms with van der Waals surface area (Å²) in [4.78, 5) is 13.9. The molecule has 1 fully saturated rings. The average Bonchev–Trinajstić information content (AvgIpc) is 3.00. The molecule has 1 atom stereocenters. The highest BCUT2D eigenvalue weighted by atomic mass is 32.2. The lowest BCUT2D eigenvalue weighted by atomic mass is 9.98. The normalized spacial score (nSPS) is 20.0.